The lowest BCUT2D eigenvalue weighted by atomic mass is 10.3. The van der Waals surface area contributed by atoms with E-state index >= 15 is 0 Å². The average Bonchev–Trinajstić information content (AvgIpc) is 2.67. The molecule has 0 amide bonds. The van der Waals surface area contributed by atoms with Crippen LogP contribution in [-0.2, 0) is 16.0 Å². The first-order valence-corrected chi connectivity index (χ1v) is 5.43. The number of methoxy groups -OCH3 is 1. The second-order valence-electron chi connectivity index (χ2n) is 4.01. The van der Waals surface area contributed by atoms with E-state index in [2.05, 4.69) is 4.74 Å². The number of carbonyl (C=O) groups is 1. The highest BCUT2D eigenvalue weighted by atomic mass is 16.5. The van der Waals surface area contributed by atoms with E-state index in [1.807, 2.05) is 0 Å². The molecule has 0 atom stereocenters. The van der Waals surface area contributed by atoms with Crippen molar-refractivity contribution >= 4 is 17.2 Å². The SMILES string of the molecule is COC(=O)Cc1cc(=C(C)O)c2cc(=O)ccn12. The molecule has 1 N–H and O–H groups in total. The molecule has 0 aromatic carbocycles. The minimum absolute atomic E-state index is 0.0865. The van der Waals surface area contributed by atoms with Gasteiger partial charge in [-0.15, -0.1) is 0 Å². The van der Waals surface area contributed by atoms with Crippen molar-refractivity contribution < 1.29 is 14.6 Å². The first-order valence-electron chi connectivity index (χ1n) is 5.43. The third kappa shape index (κ3) is 2.07. The molecule has 2 aromatic rings. The molecule has 0 aliphatic heterocycles. The van der Waals surface area contributed by atoms with Gasteiger partial charge >= 0.3 is 5.97 Å². The van der Waals surface area contributed by atoms with Gasteiger partial charge < -0.3 is 14.2 Å². The Kier molecular flexibility index (Phi) is 3.06. The summed E-state index contributed by atoms with van der Waals surface area (Å²) < 4.78 is 6.31. The minimum Gasteiger partial charge on any atom is -0.512 e. The first-order chi connectivity index (χ1) is 8.52. The number of hydrogen-bond donors (Lipinski definition) is 1. The van der Waals surface area contributed by atoms with E-state index in [4.69, 9.17) is 0 Å². The molecular weight excluding hydrogens is 234 g/mol. The third-order valence-corrected chi connectivity index (χ3v) is 2.77. The van der Waals surface area contributed by atoms with Crippen molar-refractivity contribution in [2.75, 3.05) is 7.11 Å². The largest absolute Gasteiger partial charge is 0.512 e. The summed E-state index contributed by atoms with van der Waals surface area (Å²) in [6.07, 6.45) is 1.67. The highest BCUT2D eigenvalue weighted by Crippen LogP contribution is 2.06. The van der Waals surface area contributed by atoms with Crippen molar-refractivity contribution in [3.05, 3.63) is 45.5 Å². The summed E-state index contributed by atoms with van der Waals surface area (Å²) in [5.74, 6) is -0.267. The van der Waals surface area contributed by atoms with Crippen molar-refractivity contribution in [2.45, 2.75) is 13.3 Å². The van der Waals surface area contributed by atoms with Crippen LogP contribution >= 0.6 is 0 Å². The molecule has 0 unspecified atom stereocenters. The summed E-state index contributed by atoms with van der Waals surface area (Å²) in [4.78, 5) is 22.7. The van der Waals surface area contributed by atoms with Crippen LogP contribution in [0.4, 0.5) is 0 Å². The van der Waals surface area contributed by atoms with Gasteiger partial charge in [-0.3, -0.25) is 9.59 Å². The number of hydrogen-bond acceptors (Lipinski definition) is 4. The Labute approximate surface area is 103 Å². The fourth-order valence-corrected chi connectivity index (χ4v) is 1.89. The zero-order valence-electron chi connectivity index (χ0n) is 10.1. The molecule has 0 fully saturated rings. The summed E-state index contributed by atoms with van der Waals surface area (Å²) in [6, 6.07) is 4.52. The molecule has 0 spiro atoms. The van der Waals surface area contributed by atoms with E-state index in [1.54, 1.807) is 16.7 Å². The monoisotopic (exact) mass is 247 g/mol. The molecule has 2 rings (SSSR count). The van der Waals surface area contributed by atoms with Crippen LogP contribution in [0.2, 0.25) is 0 Å². The molecule has 94 valence electrons. The maximum atomic E-state index is 11.4. The smallest absolute Gasteiger partial charge is 0.311 e. The highest BCUT2D eigenvalue weighted by Gasteiger charge is 2.10. The Morgan fingerprint density at radius 1 is 1.44 bits per heavy atom. The number of ether oxygens (including phenoxy) is 1. The Morgan fingerprint density at radius 3 is 2.78 bits per heavy atom. The molecule has 0 aliphatic carbocycles. The van der Waals surface area contributed by atoms with Crippen molar-refractivity contribution in [1.29, 1.82) is 0 Å². The molecule has 2 heterocycles. The molecular formula is C13H13NO4. The van der Waals surface area contributed by atoms with Gasteiger partial charge in [0.05, 0.1) is 24.8 Å². The molecule has 5 nitrogen and oxygen atoms in total. The predicted octanol–water partition coefficient (Wildman–Crippen LogP) is 0.420. The molecule has 0 saturated heterocycles. The van der Waals surface area contributed by atoms with Crippen LogP contribution in [0.3, 0.4) is 0 Å². The average molecular weight is 247 g/mol. The molecule has 0 aliphatic rings. The van der Waals surface area contributed by atoms with Crippen LogP contribution in [0.5, 0.6) is 0 Å². The second kappa shape index (κ2) is 4.52. The van der Waals surface area contributed by atoms with Crippen LogP contribution in [0.25, 0.3) is 11.3 Å². The minimum atomic E-state index is -0.372. The topological polar surface area (TPSA) is 68.0 Å². The molecule has 0 saturated carbocycles. The van der Waals surface area contributed by atoms with Gasteiger partial charge in [0.1, 0.15) is 0 Å². The Hall–Kier alpha value is -2.30. The zero-order valence-corrected chi connectivity index (χ0v) is 10.1. The maximum Gasteiger partial charge on any atom is 0.311 e. The molecule has 2 aromatic heterocycles. The summed E-state index contributed by atoms with van der Waals surface area (Å²) in [7, 11) is 1.32. The molecule has 18 heavy (non-hydrogen) atoms. The number of aromatic nitrogens is 1. The van der Waals surface area contributed by atoms with E-state index in [0.717, 1.165) is 0 Å². The quantitative estimate of drug-likeness (QED) is 0.781. The van der Waals surface area contributed by atoms with Crippen molar-refractivity contribution in [3.63, 3.8) is 0 Å². The normalized spacial score (nSPS) is 12.6. The van der Waals surface area contributed by atoms with Gasteiger partial charge in [-0.2, -0.15) is 0 Å². The highest BCUT2D eigenvalue weighted by molar-refractivity contribution is 5.73. The van der Waals surface area contributed by atoms with Gasteiger partial charge in [-0.25, -0.2) is 0 Å². The van der Waals surface area contributed by atoms with Gasteiger partial charge in [0, 0.05) is 29.2 Å². The first kappa shape index (κ1) is 12.2. The van der Waals surface area contributed by atoms with Crippen molar-refractivity contribution in [1.82, 2.24) is 4.40 Å². The van der Waals surface area contributed by atoms with Crippen LogP contribution in [0.15, 0.2) is 29.2 Å². The summed E-state index contributed by atoms with van der Waals surface area (Å²) >= 11 is 0. The lowest BCUT2D eigenvalue weighted by molar-refractivity contribution is -0.139. The molecule has 0 radical (unpaired) electrons. The zero-order chi connectivity index (χ0) is 13.3. The van der Waals surface area contributed by atoms with Crippen LogP contribution in [0, 0.1) is 0 Å². The predicted molar refractivity (Wildman–Crippen MR) is 66.3 cm³/mol. The number of rotatable bonds is 2. The summed E-state index contributed by atoms with van der Waals surface area (Å²) in [5.41, 5.74) is 1.11. The maximum absolute atomic E-state index is 11.4. The summed E-state index contributed by atoms with van der Waals surface area (Å²) in [6.45, 7) is 1.54. The van der Waals surface area contributed by atoms with Gasteiger partial charge in [-0.05, 0) is 13.0 Å². The molecule has 0 bridgehead atoms. The van der Waals surface area contributed by atoms with E-state index in [9.17, 15) is 14.7 Å². The summed E-state index contributed by atoms with van der Waals surface area (Å²) in [5, 5.41) is 10.2. The lowest BCUT2D eigenvalue weighted by Crippen LogP contribution is -2.08. The van der Waals surface area contributed by atoms with Gasteiger partial charge in [0.15, 0.2) is 5.43 Å². The Balaban J connectivity index is 2.74. The van der Waals surface area contributed by atoms with E-state index in [0.29, 0.717) is 16.4 Å². The van der Waals surface area contributed by atoms with Crippen molar-refractivity contribution in [3.8, 4) is 0 Å². The molecule has 5 heteroatoms. The number of aliphatic hydroxyl groups excluding tert-OH is 1. The number of pyridine rings is 1. The van der Waals surface area contributed by atoms with Crippen LogP contribution in [-0.4, -0.2) is 22.6 Å². The van der Waals surface area contributed by atoms with Crippen LogP contribution in [0.1, 0.15) is 12.6 Å². The Bertz CT molecular complexity index is 710. The van der Waals surface area contributed by atoms with Crippen LogP contribution < -0.4 is 10.6 Å². The standard InChI is InChI=1S/C13H13NO4/c1-8(15)11-5-9(6-13(17)18-2)14-4-3-10(16)7-12(11)14/h3-5,7,15H,6H2,1-2H3. The number of fused-ring (bicyclic) bond motifs is 1. The second-order valence-corrected chi connectivity index (χ2v) is 4.01. The number of esters is 1. The van der Waals surface area contributed by atoms with E-state index < -0.39 is 0 Å². The number of aliphatic hydroxyl groups is 1. The number of nitrogens with zero attached hydrogens (tertiary/aromatic N) is 1. The third-order valence-electron chi connectivity index (χ3n) is 2.77. The Morgan fingerprint density at radius 2 is 2.17 bits per heavy atom. The van der Waals surface area contributed by atoms with Gasteiger partial charge in [-0.1, -0.05) is 0 Å². The van der Waals surface area contributed by atoms with Gasteiger partial charge in [0.2, 0.25) is 0 Å². The fourth-order valence-electron chi connectivity index (χ4n) is 1.89. The van der Waals surface area contributed by atoms with Gasteiger partial charge in [0.25, 0.3) is 0 Å². The number of carbonyl (C=O) groups excluding carboxylic acids is 1. The van der Waals surface area contributed by atoms with Crippen molar-refractivity contribution in [2.24, 2.45) is 0 Å². The van der Waals surface area contributed by atoms with E-state index in [-0.39, 0.29) is 23.6 Å². The van der Waals surface area contributed by atoms with E-state index in [1.165, 1.54) is 26.2 Å². The fraction of sp³-hybridized carbons (Fsp3) is 0.231. The lowest BCUT2D eigenvalue weighted by Gasteiger charge is -2.00.